The predicted molar refractivity (Wildman–Crippen MR) is 67.7 cm³/mol. The molecule has 0 radical (unpaired) electrons. The minimum Gasteiger partial charge on any atom is -0.377 e. The largest absolute Gasteiger partial charge is 0.377 e. The lowest BCUT2D eigenvalue weighted by Crippen LogP contribution is -2.53. The number of nitrogens with two attached hydrogens (primary N) is 1. The summed E-state index contributed by atoms with van der Waals surface area (Å²) in [4.78, 5) is 21.4. The van der Waals surface area contributed by atoms with Gasteiger partial charge in [-0.05, 0) is 0 Å². The zero-order valence-corrected chi connectivity index (χ0v) is 10.6. The van der Waals surface area contributed by atoms with E-state index in [-0.39, 0.29) is 6.61 Å². The molecule has 3 N–H and O–H groups in total. The lowest BCUT2D eigenvalue weighted by atomic mass is 10.2. The molecular formula is C10H14ClN5O2. The van der Waals surface area contributed by atoms with Gasteiger partial charge < -0.3 is 20.7 Å². The van der Waals surface area contributed by atoms with E-state index in [4.69, 9.17) is 22.1 Å². The Kier molecular flexibility index (Phi) is 3.83. The molecule has 8 heteroatoms. The van der Waals surface area contributed by atoms with E-state index >= 15 is 0 Å². The molecule has 1 aromatic rings. The molecule has 1 aliphatic heterocycles. The Morgan fingerprint density at radius 1 is 1.72 bits per heavy atom. The van der Waals surface area contributed by atoms with Gasteiger partial charge in [0.2, 0.25) is 11.9 Å². The fourth-order valence-electron chi connectivity index (χ4n) is 1.77. The average molecular weight is 272 g/mol. The summed E-state index contributed by atoms with van der Waals surface area (Å²) in [7, 11) is 1.71. The number of halogens is 1. The van der Waals surface area contributed by atoms with E-state index in [0.717, 1.165) is 0 Å². The number of hydrogen-bond acceptors (Lipinski definition) is 6. The first kappa shape index (κ1) is 12.8. The summed E-state index contributed by atoms with van der Waals surface area (Å²) in [5, 5.41) is 3.20. The van der Waals surface area contributed by atoms with Crippen molar-refractivity contribution in [1.29, 1.82) is 0 Å². The van der Waals surface area contributed by atoms with Crippen LogP contribution in [0.1, 0.15) is 0 Å². The van der Waals surface area contributed by atoms with Crippen LogP contribution < -0.4 is 16.0 Å². The van der Waals surface area contributed by atoms with Gasteiger partial charge in [0.05, 0.1) is 19.4 Å². The Morgan fingerprint density at radius 3 is 3.17 bits per heavy atom. The minimum absolute atomic E-state index is 0.241. The van der Waals surface area contributed by atoms with Crippen molar-refractivity contribution in [3.63, 3.8) is 0 Å². The van der Waals surface area contributed by atoms with Crippen molar-refractivity contribution in [3.8, 4) is 0 Å². The summed E-state index contributed by atoms with van der Waals surface area (Å²) in [6.07, 6.45) is 1.49. The third-order valence-corrected chi connectivity index (χ3v) is 2.94. The Balaban J connectivity index is 2.35. The molecular weight excluding hydrogens is 258 g/mol. The number of ether oxygens (including phenoxy) is 1. The molecule has 0 bridgehead atoms. The molecule has 0 aromatic carbocycles. The molecule has 18 heavy (non-hydrogen) atoms. The first-order valence-electron chi connectivity index (χ1n) is 5.47. The third kappa shape index (κ3) is 2.46. The van der Waals surface area contributed by atoms with Crippen molar-refractivity contribution in [2.24, 2.45) is 5.73 Å². The number of amides is 1. The molecule has 2 rings (SSSR count). The van der Waals surface area contributed by atoms with Gasteiger partial charge in [0.15, 0.2) is 5.82 Å². The average Bonchev–Trinajstić information content (AvgIpc) is 2.39. The maximum absolute atomic E-state index is 11.4. The molecule has 2 heterocycles. The Labute approximate surface area is 109 Å². The number of primary amides is 1. The topological polar surface area (TPSA) is 93.4 Å². The van der Waals surface area contributed by atoms with E-state index in [2.05, 4.69) is 15.3 Å². The van der Waals surface area contributed by atoms with Crippen LogP contribution in [0.3, 0.4) is 0 Å². The number of rotatable bonds is 3. The summed E-state index contributed by atoms with van der Waals surface area (Å²) < 4.78 is 5.25. The van der Waals surface area contributed by atoms with Crippen molar-refractivity contribution in [3.05, 3.63) is 11.2 Å². The van der Waals surface area contributed by atoms with Crippen LogP contribution in [0.15, 0.2) is 6.20 Å². The quantitative estimate of drug-likeness (QED) is 0.795. The van der Waals surface area contributed by atoms with Gasteiger partial charge in [-0.1, -0.05) is 11.6 Å². The summed E-state index contributed by atoms with van der Waals surface area (Å²) in [6.45, 7) is 1.25. The summed E-state index contributed by atoms with van der Waals surface area (Å²) in [5.74, 6) is 0.461. The highest BCUT2D eigenvalue weighted by atomic mass is 35.5. The number of carbonyl (C=O) groups excluding carboxylic acids is 1. The predicted octanol–water partition coefficient (Wildman–Crippen LogP) is -0.138. The number of morpholine rings is 1. The van der Waals surface area contributed by atoms with Crippen LogP contribution in [0.25, 0.3) is 0 Å². The Bertz CT molecular complexity index is 456. The van der Waals surface area contributed by atoms with Crippen molar-refractivity contribution < 1.29 is 9.53 Å². The lowest BCUT2D eigenvalue weighted by molar-refractivity contribution is -0.121. The molecule has 1 amide bonds. The van der Waals surface area contributed by atoms with Gasteiger partial charge in [0.1, 0.15) is 11.1 Å². The molecule has 1 unspecified atom stereocenters. The van der Waals surface area contributed by atoms with E-state index in [9.17, 15) is 4.79 Å². The first-order valence-corrected chi connectivity index (χ1v) is 5.85. The van der Waals surface area contributed by atoms with E-state index in [0.29, 0.717) is 29.9 Å². The van der Waals surface area contributed by atoms with Crippen molar-refractivity contribution in [2.75, 3.05) is 37.0 Å². The van der Waals surface area contributed by atoms with Gasteiger partial charge in [0, 0.05) is 13.6 Å². The minimum atomic E-state index is -0.559. The fraction of sp³-hybridized carbons (Fsp3) is 0.500. The number of anilines is 2. The zero-order chi connectivity index (χ0) is 13.1. The third-order valence-electron chi connectivity index (χ3n) is 2.68. The Morgan fingerprint density at radius 2 is 2.50 bits per heavy atom. The van der Waals surface area contributed by atoms with Gasteiger partial charge in [0.25, 0.3) is 0 Å². The van der Waals surface area contributed by atoms with Crippen LogP contribution >= 0.6 is 11.6 Å². The van der Waals surface area contributed by atoms with Crippen molar-refractivity contribution in [1.82, 2.24) is 9.97 Å². The smallest absolute Gasteiger partial charge is 0.242 e. The summed E-state index contributed by atoms with van der Waals surface area (Å²) >= 11 is 6.07. The molecule has 1 atom stereocenters. The molecule has 1 aromatic heterocycles. The van der Waals surface area contributed by atoms with E-state index < -0.39 is 11.9 Å². The van der Waals surface area contributed by atoms with Gasteiger partial charge in [-0.15, -0.1) is 0 Å². The summed E-state index contributed by atoms with van der Waals surface area (Å²) in [5.41, 5.74) is 5.35. The number of aromatic nitrogens is 2. The molecule has 1 saturated heterocycles. The number of nitrogens with one attached hydrogen (secondary N) is 1. The second-order valence-corrected chi connectivity index (χ2v) is 4.21. The molecule has 0 aliphatic carbocycles. The molecule has 7 nitrogen and oxygen atoms in total. The van der Waals surface area contributed by atoms with Gasteiger partial charge >= 0.3 is 0 Å². The summed E-state index contributed by atoms with van der Waals surface area (Å²) in [6, 6.07) is -0.559. The zero-order valence-electron chi connectivity index (χ0n) is 9.89. The molecule has 1 fully saturated rings. The number of carbonyl (C=O) groups is 1. The van der Waals surface area contributed by atoms with Crippen LogP contribution in [0.2, 0.25) is 5.02 Å². The lowest BCUT2D eigenvalue weighted by Gasteiger charge is -2.34. The van der Waals surface area contributed by atoms with Crippen LogP contribution in [0.4, 0.5) is 11.8 Å². The van der Waals surface area contributed by atoms with E-state index in [1.54, 1.807) is 11.9 Å². The normalized spacial score (nSPS) is 19.7. The van der Waals surface area contributed by atoms with Crippen LogP contribution in [-0.4, -0.2) is 48.7 Å². The highest BCUT2D eigenvalue weighted by molar-refractivity contribution is 6.32. The van der Waals surface area contributed by atoms with Crippen molar-refractivity contribution >= 4 is 29.3 Å². The van der Waals surface area contributed by atoms with Crippen LogP contribution in [-0.2, 0) is 9.53 Å². The van der Waals surface area contributed by atoms with E-state index in [1.807, 2.05) is 0 Å². The van der Waals surface area contributed by atoms with E-state index in [1.165, 1.54) is 6.20 Å². The van der Waals surface area contributed by atoms with Crippen molar-refractivity contribution in [2.45, 2.75) is 6.04 Å². The second kappa shape index (κ2) is 5.36. The van der Waals surface area contributed by atoms with Gasteiger partial charge in [-0.2, -0.15) is 4.98 Å². The monoisotopic (exact) mass is 271 g/mol. The maximum Gasteiger partial charge on any atom is 0.242 e. The molecule has 0 saturated carbocycles. The molecule has 0 spiro atoms. The van der Waals surface area contributed by atoms with Crippen LogP contribution in [0, 0.1) is 0 Å². The number of hydrogen-bond donors (Lipinski definition) is 2. The maximum atomic E-state index is 11.4. The SMILES string of the molecule is CNc1ncc(Cl)c(N2CCOCC2C(N)=O)n1. The molecule has 98 valence electrons. The fourth-order valence-corrected chi connectivity index (χ4v) is 1.97. The van der Waals surface area contributed by atoms with Gasteiger partial charge in [-0.3, -0.25) is 4.79 Å². The first-order chi connectivity index (χ1) is 8.63. The molecule has 1 aliphatic rings. The Hall–Kier alpha value is -1.60. The number of nitrogens with zero attached hydrogens (tertiary/aromatic N) is 3. The highest BCUT2D eigenvalue weighted by Crippen LogP contribution is 2.26. The second-order valence-electron chi connectivity index (χ2n) is 3.80. The standard InChI is InChI=1S/C10H14ClN5O2/c1-13-10-14-4-6(11)9(15-10)16-2-3-18-5-7(16)8(12)17/h4,7H,2-3,5H2,1H3,(H2,12,17)(H,13,14,15). The van der Waals surface area contributed by atoms with Gasteiger partial charge in [-0.25, -0.2) is 4.98 Å². The van der Waals surface area contributed by atoms with Crippen LogP contribution in [0.5, 0.6) is 0 Å². The highest BCUT2D eigenvalue weighted by Gasteiger charge is 2.30.